The molecule has 96 valence electrons. The summed E-state index contributed by atoms with van der Waals surface area (Å²) in [5, 5.41) is 3.71. The molecule has 1 aliphatic rings. The minimum absolute atomic E-state index is 0.823. The summed E-state index contributed by atoms with van der Waals surface area (Å²) in [5.74, 6) is 0.859. The molecule has 0 heterocycles. The van der Waals surface area contributed by atoms with E-state index in [0.717, 1.165) is 18.5 Å². The minimum atomic E-state index is 0.823. The molecule has 0 aliphatic heterocycles. The first kappa shape index (κ1) is 14.0. The van der Waals surface area contributed by atoms with Crippen LogP contribution in [0.3, 0.4) is 0 Å². The third kappa shape index (κ3) is 5.86. The molecule has 2 nitrogen and oxygen atoms in total. The number of nitrogens with two attached hydrogens (primary N) is 1. The zero-order chi connectivity index (χ0) is 11.6. The smallest absolute Gasteiger partial charge is 0.00670 e. The lowest BCUT2D eigenvalue weighted by Crippen LogP contribution is -2.31. The Labute approximate surface area is 101 Å². The first-order valence-electron chi connectivity index (χ1n) is 7.30. The van der Waals surface area contributed by atoms with Crippen LogP contribution < -0.4 is 11.1 Å². The number of nitrogens with one attached hydrogen (secondary N) is 1. The third-order valence-corrected chi connectivity index (χ3v) is 3.98. The molecule has 1 rings (SSSR count). The molecular formula is C14H30N2. The van der Waals surface area contributed by atoms with Crippen molar-refractivity contribution in [2.24, 2.45) is 11.7 Å². The Morgan fingerprint density at radius 1 is 1.19 bits per heavy atom. The molecule has 1 saturated carbocycles. The molecule has 0 aromatic heterocycles. The van der Waals surface area contributed by atoms with Crippen LogP contribution in [-0.4, -0.2) is 19.1 Å². The van der Waals surface area contributed by atoms with Crippen molar-refractivity contribution in [1.29, 1.82) is 0 Å². The van der Waals surface area contributed by atoms with E-state index in [4.69, 9.17) is 5.73 Å². The van der Waals surface area contributed by atoms with Crippen molar-refractivity contribution in [1.82, 2.24) is 5.32 Å². The van der Waals surface area contributed by atoms with E-state index in [1.54, 1.807) is 0 Å². The number of hydrogen-bond donors (Lipinski definition) is 2. The zero-order valence-electron chi connectivity index (χ0n) is 11.0. The van der Waals surface area contributed by atoms with Crippen LogP contribution in [0.2, 0.25) is 0 Å². The predicted molar refractivity (Wildman–Crippen MR) is 71.6 cm³/mol. The van der Waals surface area contributed by atoms with Gasteiger partial charge in [0.15, 0.2) is 0 Å². The number of rotatable bonds is 8. The molecular weight excluding hydrogens is 196 g/mol. The second kappa shape index (κ2) is 9.00. The number of hydrogen-bond acceptors (Lipinski definition) is 2. The summed E-state index contributed by atoms with van der Waals surface area (Å²) in [7, 11) is 0. The molecule has 0 aromatic carbocycles. The summed E-state index contributed by atoms with van der Waals surface area (Å²) >= 11 is 0. The summed E-state index contributed by atoms with van der Waals surface area (Å²) in [5.41, 5.74) is 5.61. The average Bonchev–Trinajstić information content (AvgIpc) is 2.34. The summed E-state index contributed by atoms with van der Waals surface area (Å²) < 4.78 is 0. The van der Waals surface area contributed by atoms with Crippen molar-refractivity contribution in [3.05, 3.63) is 0 Å². The van der Waals surface area contributed by atoms with E-state index < -0.39 is 0 Å². The SMILES string of the molecule is CCC(CCN)CCCNC1CCCCC1. The van der Waals surface area contributed by atoms with Crippen molar-refractivity contribution < 1.29 is 0 Å². The Bertz CT molecular complexity index is 146. The molecule has 0 spiro atoms. The van der Waals surface area contributed by atoms with Gasteiger partial charge in [-0.15, -0.1) is 0 Å². The van der Waals surface area contributed by atoms with Crippen LogP contribution in [-0.2, 0) is 0 Å². The highest BCUT2D eigenvalue weighted by Crippen LogP contribution is 2.18. The van der Waals surface area contributed by atoms with Gasteiger partial charge < -0.3 is 11.1 Å². The molecule has 0 aromatic rings. The van der Waals surface area contributed by atoms with Crippen LogP contribution in [0.4, 0.5) is 0 Å². The van der Waals surface area contributed by atoms with E-state index in [9.17, 15) is 0 Å². The molecule has 0 radical (unpaired) electrons. The van der Waals surface area contributed by atoms with Crippen LogP contribution in [0.25, 0.3) is 0 Å². The maximum Gasteiger partial charge on any atom is 0.00670 e. The fraction of sp³-hybridized carbons (Fsp3) is 1.00. The van der Waals surface area contributed by atoms with Gasteiger partial charge in [-0.05, 0) is 51.1 Å². The standard InChI is InChI=1S/C14H30N2/c1-2-13(10-11-15)7-6-12-16-14-8-4-3-5-9-14/h13-14,16H,2-12,15H2,1H3. The second-order valence-corrected chi connectivity index (χ2v) is 5.28. The van der Waals surface area contributed by atoms with E-state index >= 15 is 0 Å². The molecule has 3 N–H and O–H groups in total. The van der Waals surface area contributed by atoms with E-state index in [1.165, 1.54) is 64.3 Å². The molecule has 0 bridgehead atoms. The Balaban J connectivity index is 1.97. The second-order valence-electron chi connectivity index (χ2n) is 5.28. The topological polar surface area (TPSA) is 38.0 Å². The van der Waals surface area contributed by atoms with Gasteiger partial charge in [-0.3, -0.25) is 0 Å². The molecule has 1 fully saturated rings. The van der Waals surface area contributed by atoms with Crippen molar-refractivity contribution >= 4 is 0 Å². The van der Waals surface area contributed by atoms with Gasteiger partial charge in [-0.25, -0.2) is 0 Å². The lowest BCUT2D eigenvalue weighted by atomic mass is 9.94. The van der Waals surface area contributed by atoms with Crippen LogP contribution in [0, 0.1) is 5.92 Å². The first-order chi connectivity index (χ1) is 7.86. The molecule has 1 atom stereocenters. The molecule has 0 amide bonds. The maximum atomic E-state index is 5.61. The van der Waals surface area contributed by atoms with Gasteiger partial charge in [-0.1, -0.05) is 32.6 Å². The molecule has 1 aliphatic carbocycles. The largest absolute Gasteiger partial charge is 0.330 e. The van der Waals surface area contributed by atoms with Gasteiger partial charge >= 0.3 is 0 Å². The van der Waals surface area contributed by atoms with Crippen molar-refractivity contribution in [3.8, 4) is 0 Å². The van der Waals surface area contributed by atoms with Crippen LogP contribution in [0.15, 0.2) is 0 Å². The fourth-order valence-electron chi connectivity index (χ4n) is 2.79. The quantitative estimate of drug-likeness (QED) is 0.624. The molecule has 16 heavy (non-hydrogen) atoms. The highest BCUT2D eigenvalue weighted by molar-refractivity contribution is 4.71. The Hall–Kier alpha value is -0.0800. The van der Waals surface area contributed by atoms with E-state index in [2.05, 4.69) is 12.2 Å². The lowest BCUT2D eigenvalue weighted by Gasteiger charge is -2.23. The minimum Gasteiger partial charge on any atom is -0.330 e. The Morgan fingerprint density at radius 2 is 1.94 bits per heavy atom. The van der Waals surface area contributed by atoms with E-state index in [1.807, 2.05) is 0 Å². The summed E-state index contributed by atoms with van der Waals surface area (Å²) in [4.78, 5) is 0. The summed E-state index contributed by atoms with van der Waals surface area (Å²) in [6, 6.07) is 0.823. The van der Waals surface area contributed by atoms with Gasteiger partial charge in [0.05, 0.1) is 0 Å². The van der Waals surface area contributed by atoms with Gasteiger partial charge in [-0.2, -0.15) is 0 Å². The van der Waals surface area contributed by atoms with Crippen LogP contribution >= 0.6 is 0 Å². The van der Waals surface area contributed by atoms with Crippen molar-refractivity contribution in [2.75, 3.05) is 13.1 Å². The normalized spacial score (nSPS) is 19.9. The molecule has 0 saturated heterocycles. The van der Waals surface area contributed by atoms with Crippen LogP contribution in [0.5, 0.6) is 0 Å². The van der Waals surface area contributed by atoms with Gasteiger partial charge in [0.2, 0.25) is 0 Å². The van der Waals surface area contributed by atoms with Crippen molar-refractivity contribution in [2.45, 2.75) is 70.8 Å². The van der Waals surface area contributed by atoms with Gasteiger partial charge in [0, 0.05) is 6.04 Å². The van der Waals surface area contributed by atoms with Crippen LogP contribution in [0.1, 0.15) is 64.7 Å². The van der Waals surface area contributed by atoms with E-state index in [0.29, 0.717) is 0 Å². The highest BCUT2D eigenvalue weighted by Gasteiger charge is 2.12. The molecule has 1 unspecified atom stereocenters. The summed E-state index contributed by atoms with van der Waals surface area (Å²) in [6.07, 6.45) is 12.3. The molecule has 2 heteroatoms. The maximum absolute atomic E-state index is 5.61. The zero-order valence-corrected chi connectivity index (χ0v) is 11.0. The summed E-state index contributed by atoms with van der Waals surface area (Å²) in [6.45, 7) is 4.36. The van der Waals surface area contributed by atoms with Crippen molar-refractivity contribution in [3.63, 3.8) is 0 Å². The monoisotopic (exact) mass is 226 g/mol. The van der Waals surface area contributed by atoms with Gasteiger partial charge in [0.1, 0.15) is 0 Å². The third-order valence-electron chi connectivity index (χ3n) is 3.98. The average molecular weight is 226 g/mol. The van der Waals surface area contributed by atoms with Gasteiger partial charge in [0.25, 0.3) is 0 Å². The Kier molecular flexibility index (Phi) is 7.87. The Morgan fingerprint density at radius 3 is 2.56 bits per heavy atom. The highest BCUT2D eigenvalue weighted by atomic mass is 14.9. The first-order valence-corrected chi connectivity index (χ1v) is 7.30. The predicted octanol–water partition coefficient (Wildman–Crippen LogP) is 3.06. The lowest BCUT2D eigenvalue weighted by molar-refractivity contribution is 0.357. The fourth-order valence-corrected chi connectivity index (χ4v) is 2.79. The van der Waals surface area contributed by atoms with E-state index in [-0.39, 0.29) is 0 Å².